The first-order valence-electron chi connectivity index (χ1n) is 3.61. The lowest BCUT2D eigenvalue weighted by molar-refractivity contribution is 1.03. The minimum atomic E-state index is 1.13. The Balaban J connectivity index is 3.21. The molecule has 0 spiro atoms. The van der Waals surface area contributed by atoms with Crippen molar-refractivity contribution in [1.29, 1.82) is 0 Å². The molecule has 0 rings (SSSR count). The predicted octanol–water partition coefficient (Wildman–Crippen LogP) is 3.72. The van der Waals surface area contributed by atoms with E-state index in [-0.39, 0.29) is 0 Å². The van der Waals surface area contributed by atoms with E-state index in [1.807, 2.05) is 0 Å². The SMILES string of the molecule is CC(C)=CCC/C=C/CI. The zero-order chi connectivity index (χ0) is 7.82. The Hall–Kier alpha value is 0.210. The van der Waals surface area contributed by atoms with Crippen LogP contribution in [0, 0.1) is 0 Å². The first-order chi connectivity index (χ1) is 4.77. The van der Waals surface area contributed by atoms with Crippen LogP contribution in [0.5, 0.6) is 0 Å². The average Bonchev–Trinajstić information content (AvgIpc) is 1.87. The number of alkyl halides is 1. The molecule has 0 aromatic heterocycles. The number of hydrogen-bond donors (Lipinski definition) is 0. The van der Waals surface area contributed by atoms with E-state index in [2.05, 4.69) is 54.7 Å². The molecule has 0 atom stereocenters. The summed E-state index contributed by atoms with van der Waals surface area (Å²) in [5.74, 6) is 0. The normalized spacial score (nSPS) is 10.3. The Kier molecular flexibility index (Phi) is 7.47. The minimum absolute atomic E-state index is 1.13. The van der Waals surface area contributed by atoms with E-state index in [9.17, 15) is 0 Å². The lowest BCUT2D eigenvalue weighted by atomic mass is 10.2. The molecule has 0 aliphatic heterocycles. The Morgan fingerprint density at radius 3 is 2.40 bits per heavy atom. The second-order valence-corrected chi connectivity index (χ2v) is 3.37. The van der Waals surface area contributed by atoms with E-state index in [4.69, 9.17) is 0 Å². The summed E-state index contributed by atoms with van der Waals surface area (Å²) < 4.78 is 1.13. The first-order valence-corrected chi connectivity index (χ1v) is 5.14. The molecule has 0 aliphatic rings. The highest BCUT2D eigenvalue weighted by molar-refractivity contribution is 14.1. The molecule has 0 unspecified atom stereocenters. The summed E-state index contributed by atoms with van der Waals surface area (Å²) in [6.07, 6.45) is 9.10. The van der Waals surface area contributed by atoms with Gasteiger partial charge in [0.1, 0.15) is 0 Å². The molecule has 0 saturated carbocycles. The van der Waals surface area contributed by atoms with Gasteiger partial charge >= 0.3 is 0 Å². The number of allylic oxidation sites excluding steroid dienone is 4. The van der Waals surface area contributed by atoms with Crippen molar-refractivity contribution in [3.05, 3.63) is 23.8 Å². The van der Waals surface area contributed by atoms with Crippen LogP contribution in [0.3, 0.4) is 0 Å². The molecule has 0 aromatic rings. The van der Waals surface area contributed by atoms with E-state index in [1.54, 1.807) is 0 Å². The third-order valence-electron chi connectivity index (χ3n) is 1.14. The molecule has 0 amide bonds. The molecule has 0 aromatic carbocycles. The summed E-state index contributed by atoms with van der Waals surface area (Å²) >= 11 is 2.35. The van der Waals surface area contributed by atoms with Crippen LogP contribution >= 0.6 is 22.6 Å². The van der Waals surface area contributed by atoms with Gasteiger partial charge in [0.15, 0.2) is 0 Å². The van der Waals surface area contributed by atoms with Crippen LogP contribution in [0.25, 0.3) is 0 Å². The van der Waals surface area contributed by atoms with Gasteiger partial charge in [-0.05, 0) is 26.7 Å². The van der Waals surface area contributed by atoms with Gasteiger partial charge < -0.3 is 0 Å². The van der Waals surface area contributed by atoms with E-state index in [0.717, 1.165) is 4.43 Å². The van der Waals surface area contributed by atoms with Crippen LogP contribution in [0.1, 0.15) is 26.7 Å². The first kappa shape index (κ1) is 10.2. The maximum Gasteiger partial charge on any atom is 0.0175 e. The van der Waals surface area contributed by atoms with Gasteiger partial charge in [0, 0.05) is 4.43 Å². The largest absolute Gasteiger partial charge is 0.0875 e. The third kappa shape index (κ3) is 8.21. The van der Waals surface area contributed by atoms with Gasteiger partial charge in [-0.2, -0.15) is 0 Å². The van der Waals surface area contributed by atoms with Gasteiger partial charge in [0.05, 0.1) is 0 Å². The molecule has 0 bridgehead atoms. The highest BCUT2D eigenvalue weighted by Crippen LogP contribution is 1.98. The summed E-state index contributed by atoms with van der Waals surface area (Å²) in [4.78, 5) is 0. The van der Waals surface area contributed by atoms with Crippen molar-refractivity contribution in [3.8, 4) is 0 Å². The number of unbranched alkanes of at least 4 members (excludes halogenated alkanes) is 1. The highest BCUT2D eigenvalue weighted by Gasteiger charge is 1.77. The zero-order valence-corrected chi connectivity index (χ0v) is 8.89. The van der Waals surface area contributed by atoms with Crippen molar-refractivity contribution in [2.24, 2.45) is 0 Å². The summed E-state index contributed by atoms with van der Waals surface area (Å²) in [6.45, 7) is 4.28. The van der Waals surface area contributed by atoms with Crippen molar-refractivity contribution in [3.63, 3.8) is 0 Å². The van der Waals surface area contributed by atoms with Crippen LogP contribution in [0.2, 0.25) is 0 Å². The molecule has 0 aliphatic carbocycles. The zero-order valence-electron chi connectivity index (χ0n) is 6.73. The Bertz CT molecular complexity index is 119. The van der Waals surface area contributed by atoms with E-state index in [1.165, 1.54) is 18.4 Å². The van der Waals surface area contributed by atoms with Crippen LogP contribution in [-0.4, -0.2) is 4.43 Å². The van der Waals surface area contributed by atoms with Crippen molar-refractivity contribution in [2.75, 3.05) is 4.43 Å². The molecule has 0 N–H and O–H groups in total. The molecule has 1 heteroatoms. The standard InChI is InChI=1S/C9H15I/c1-9(2)7-5-3-4-6-8-10/h4,6-7H,3,5,8H2,1-2H3/b6-4+. The van der Waals surface area contributed by atoms with Gasteiger partial charge in [-0.25, -0.2) is 0 Å². The summed E-state index contributed by atoms with van der Waals surface area (Å²) in [6, 6.07) is 0. The summed E-state index contributed by atoms with van der Waals surface area (Å²) in [5, 5.41) is 0. The van der Waals surface area contributed by atoms with Crippen LogP contribution in [0.15, 0.2) is 23.8 Å². The van der Waals surface area contributed by atoms with Gasteiger partial charge in [0.25, 0.3) is 0 Å². The molecule has 58 valence electrons. The number of halogens is 1. The molecule has 0 radical (unpaired) electrons. The summed E-state index contributed by atoms with van der Waals surface area (Å²) in [7, 11) is 0. The Morgan fingerprint density at radius 1 is 1.20 bits per heavy atom. The molecule has 0 saturated heterocycles. The second kappa shape index (κ2) is 7.32. The predicted molar refractivity (Wildman–Crippen MR) is 56.7 cm³/mol. The lowest BCUT2D eigenvalue weighted by Crippen LogP contribution is -1.68. The fourth-order valence-corrected chi connectivity index (χ4v) is 1.01. The molecular weight excluding hydrogens is 235 g/mol. The minimum Gasteiger partial charge on any atom is -0.0875 e. The van der Waals surface area contributed by atoms with Crippen LogP contribution in [-0.2, 0) is 0 Å². The van der Waals surface area contributed by atoms with Crippen molar-refractivity contribution < 1.29 is 0 Å². The van der Waals surface area contributed by atoms with Crippen molar-refractivity contribution in [1.82, 2.24) is 0 Å². The third-order valence-corrected chi connectivity index (χ3v) is 1.65. The lowest BCUT2D eigenvalue weighted by Gasteiger charge is -1.88. The topological polar surface area (TPSA) is 0 Å². The quantitative estimate of drug-likeness (QED) is 0.308. The smallest absolute Gasteiger partial charge is 0.0175 e. The van der Waals surface area contributed by atoms with Gasteiger partial charge in [-0.3, -0.25) is 0 Å². The molecule has 0 heterocycles. The fourth-order valence-electron chi connectivity index (χ4n) is 0.649. The van der Waals surface area contributed by atoms with E-state index >= 15 is 0 Å². The van der Waals surface area contributed by atoms with Gasteiger partial charge in [-0.15, -0.1) is 0 Å². The second-order valence-electron chi connectivity index (χ2n) is 2.48. The van der Waals surface area contributed by atoms with Crippen molar-refractivity contribution in [2.45, 2.75) is 26.7 Å². The maximum atomic E-state index is 2.35. The van der Waals surface area contributed by atoms with Gasteiger partial charge in [0.2, 0.25) is 0 Å². The molecule has 0 nitrogen and oxygen atoms in total. The van der Waals surface area contributed by atoms with E-state index in [0.29, 0.717) is 0 Å². The van der Waals surface area contributed by atoms with Crippen LogP contribution < -0.4 is 0 Å². The van der Waals surface area contributed by atoms with Gasteiger partial charge in [-0.1, -0.05) is 46.4 Å². The van der Waals surface area contributed by atoms with Crippen LogP contribution in [0.4, 0.5) is 0 Å². The summed E-state index contributed by atoms with van der Waals surface area (Å²) in [5.41, 5.74) is 1.42. The van der Waals surface area contributed by atoms with E-state index < -0.39 is 0 Å². The monoisotopic (exact) mass is 250 g/mol. The Morgan fingerprint density at radius 2 is 1.90 bits per heavy atom. The maximum absolute atomic E-state index is 2.35. The fraction of sp³-hybridized carbons (Fsp3) is 0.556. The molecular formula is C9H15I. The molecule has 10 heavy (non-hydrogen) atoms. The highest BCUT2D eigenvalue weighted by atomic mass is 127. The Labute approximate surface area is 77.5 Å². The molecule has 0 fully saturated rings. The van der Waals surface area contributed by atoms with Crippen molar-refractivity contribution >= 4 is 22.6 Å². The number of hydrogen-bond acceptors (Lipinski definition) is 0. The average molecular weight is 250 g/mol. The number of rotatable bonds is 4.